The van der Waals surface area contributed by atoms with E-state index in [1.165, 1.54) is 4.90 Å². The van der Waals surface area contributed by atoms with Crippen molar-refractivity contribution >= 4 is 17.7 Å². The summed E-state index contributed by atoms with van der Waals surface area (Å²) in [6.45, 7) is 5.55. The molecule has 27 heavy (non-hydrogen) atoms. The molecular weight excluding hydrogens is 356 g/mol. The normalized spacial score (nSPS) is 10.9. The molecule has 0 saturated heterocycles. The molecular formula is C21H24N4OS. The van der Waals surface area contributed by atoms with Crippen LogP contribution in [0.1, 0.15) is 19.4 Å². The lowest BCUT2D eigenvalue weighted by atomic mass is 10.1. The van der Waals surface area contributed by atoms with Gasteiger partial charge in [-0.15, -0.1) is 11.8 Å². The van der Waals surface area contributed by atoms with E-state index in [9.17, 15) is 4.79 Å². The lowest BCUT2D eigenvalue weighted by Crippen LogP contribution is -2.28. The van der Waals surface area contributed by atoms with Crippen molar-refractivity contribution in [3.63, 3.8) is 0 Å². The summed E-state index contributed by atoms with van der Waals surface area (Å²) in [5.74, 6) is 0.835. The molecule has 6 heteroatoms. The highest BCUT2D eigenvalue weighted by atomic mass is 32.2. The molecule has 0 saturated carbocycles. The van der Waals surface area contributed by atoms with Gasteiger partial charge in [-0.3, -0.25) is 9.78 Å². The van der Waals surface area contributed by atoms with Gasteiger partial charge in [0.1, 0.15) is 5.69 Å². The number of hydrogen-bond donors (Lipinski definition) is 1. The van der Waals surface area contributed by atoms with E-state index in [0.29, 0.717) is 24.8 Å². The standard InChI is InChI=1S/C21H24N4OS/c1-16(2)27-18-8-6-17(7-9-18)15-20(26)23-11-13-25-14-12-24-21(25)19-5-3-4-10-22-19/h3-10,12,14,16H,11,13,15H2,1-2H3,(H,23,26). The minimum absolute atomic E-state index is 0.0266. The van der Waals surface area contributed by atoms with Crippen molar-refractivity contribution in [1.29, 1.82) is 0 Å². The molecule has 0 unspecified atom stereocenters. The Labute approximate surface area is 164 Å². The largest absolute Gasteiger partial charge is 0.354 e. The predicted molar refractivity (Wildman–Crippen MR) is 110 cm³/mol. The van der Waals surface area contributed by atoms with Crippen molar-refractivity contribution in [3.8, 4) is 11.5 Å². The van der Waals surface area contributed by atoms with Crippen LogP contribution >= 0.6 is 11.8 Å². The third-order valence-electron chi connectivity index (χ3n) is 3.94. The van der Waals surface area contributed by atoms with Crippen LogP contribution in [0.5, 0.6) is 0 Å². The zero-order valence-corrected chi connectivity index (χ0v) is 16.4. The van der Waals surface area contributed by atoms with Crippen LogP contribution in [0.25, 0.3) is 11.5 Å². The van der Waals surface area contributed by atoms with E-state index < -0.39 is 0 Å². The van der Waals surface area contributed by atoms with Crippen LogP contribution in [0.15, 0.2) is 66.0 Å². The molecule has 1 amide bonds. The first-order valence-corrected chi connectivity index (χ1v) is 9.94. The number of carbonyl (C=O) groups excluding carboxylic acids is 1. The Morgan fingerprint density at radius 2 is 1.93 bits per heavy atom. The van der Waals surface area contributed by atoms with Crippen molar-refractivity contribution in [2.45, 2.75) is 37.0 Å². The highest BCUT2D eigenvalue weighted by Gasteiger charge is 2.08. The number of benzene rings is 1. The second-order valence-corrected chi connectivity index (χ2v) is 8.15. The summed E-state index contributed by atoms with van der Waals surface area (Å²) >= 11 is 1.82. The first-order chi connectivity index (χ1) is 13.1. The number of imidazole rings is 1. The number of nitrogens with zero attached hydrogens (tertiary/aromatic N) is 3. The molecule has 1 N–H and O–H groups in total. The molecule has 5 nitrogen and oxygen atoms in total. The van der Waals surface area contributed by atoms with E-state index in [1.807, 2.05) is 52.9 Å². The molecule has 3 aromatic rings. The van der Waals surface area contributed by atoms with Gasteiger partial charge in [0.25, 0.3) is 0 Å². The van der Waals surface area contributed by atoms with Crippen LogP contribution in [0.4, 0.5) is 0 Å². The van der Waals surface area contributed by atoms with Crippen LogP contribution in [0, 0.1) is 0 Å². The first kappa shape index (κ1) is 19.2. The fraction of sp³-hybridized carbons (Fsp3) is 0.286. The molecule has 0 bridgehead atoms. The molecule has 0 radical (unpaired) electrons. The summed E-state index contributed by atoms with van der Waals surface area (Å²) in [6.07, 6.45) is 5.80. The number of thioether (sulfide) groups is 1. The van der Waals surface area contributed by atoms with E-state index in [2.05, 4.69) is 41.3 Å². The molecule has 0 aliphatic rings. The molecule has 0 fully saturated rings. The average molecular weight is 381 g/mol. The molecule has 2 heterocycles. The Hall–Kier alpha value is -2.60. The van der Waals surface area contributed by atoms with Gasteiger partial charge in [0, 0.05) is 41.8 Å². The van der Waals surface area contributed by atoms with E-state index in [-0.39, 0.29) is 5.91 Å². The number of carbonyl (C=O) groups is 1. The average Bonchev–Trinajstić information content (AvgIpc) is 3.12. The van der Waals surface area contributed by atoms with Crippen LogP contribution < -0.4 is 5.32 Å². The van der Waals surface area contributed by atoms with Crippen LogP contribution in [0.3, 0.4) is 0 Å². The second kappa shape index (κ2) is 9.37. The van der Waals surface area contributed by atoms with Gasteiger partial charge in [0.15, 0.2) is 5.82 Å². The third kappa shape index (κ3) is 5.69. The zero-order valence-electron chi connectivity index (χ0n) is 15.6. The Morgan fingerprint density at radius 1 is 1.11 bits per heavy atom. The Bertz CT molecular complexity index is 859. The maximum Gasteiger partial charge on any atom is 0.224 e. The number of amides is 1. The fourth-order valence-corrected chi connectivity index (χ4v) is 3.58. The number of rotatable bonds is 8. The second-order valence-electron chi connectivity index (χ2n) is 6.50. The highest BCUT2D eigenvalue weighted by Crippen LogP contribution is 2.23. The van der Waals surface area contributed by atoms with Crippen molar-refractivity contribution in [2.75, 3.05) is 6.54 Å². The van der Waals surface area contributed by atoms with Gasteiger partial charge < -0.3 is 9.88 Å². The summed E-state index contributed by atoms with van der Waals surface area (Å²) in [4.78, 5) is 22.1. The Morgan fingerprint density at radius 3 is 2.63 bits per heavy atom. The maximum absolute atomic E-state index is 12.2. The van der Waals surface area contributed by atoms with Crippen molar-refractivity contribution in [2.24, 2.45) is 0 Å². The van der Waals surface area contributed by atoms with Gasteiger partial charge in [-0.2, -0.15) is 0 Å². The SMILES string of the molecule is CC(C)Sc1ccc(CC(=O)NCCn2ccnc2-c2ccccn2)cc1. The number of pyridine rings is 1. The van der Waals surface area contributed by atoms with Gasteiger partial charge in [-0.1, -0.05) is 32.0 Å². The number of nitrogens with one attached hydrogen (secondary N) is 1. The van der Waals surface area contributed by atoms with Crippen molar-refractivity contribution in [3.05, 3.63) is 66.6 Å². The van der Waals surface area contributed by atoms with Gasteiger partial charge in [0.05, 0.1) is 6.42 Å². The summed E-state index contributed by atoms with van der Waals surface area (Å²) in [6, 6.07) is 14.0. The predicted octanol–water partition coefficient (Wildman–Crippen LogP) is 3.80. The van der Waals surface area contributed by atoms with Gasteiger partial charge in [-0.05, 0) is 29.8 Å². The molecule has 0 aliphatic carbocycles. The van der Waals surface area contributed by atoms with Crippen LogP contribution in [-0.4, -0.2) is 32.2 Å². The van der Waals surface area contributed by atoms with E-state index >= 15 is 0 Å². The minimum atomic E-state index is 0.0266. The summed E-state index contributed by atoms with van der Waals surface area (Å²) in [7, 11) is 0. The molecule has 0 spiro atoms. The van der Waals surface area contributed by atoms with E-state index in [4.69, 9.17) is 0 Å². The molecule has 0 aliphatic heterocycles. The Kier molecular flexibility index (Phi) is 6.65. The topological polar surface area (TPSA) is 59.8 Å². The lowest BCUT2D eigenvalue weighted by Gasteiger charge is -2.09. The third-order valence-corrected chi connectivity index (χ3v) is 4.96. The molecule has 3 rings (SSSR count). The van der Waals surface area contributed by atoms with E-state index in [1.54, 1.807) is 12.4 Å². The summed E-state index contributed by atoms with van der Waals surface area (Å²) < 4.78 is 2.00. The molecule has 0 atom stereocenters. The van der Waals surface area contributed by atoms with Crippen molar-refractivity contribution < 1.29 is 4.79 Å². The van der Waals surface area contributed by atoms with Crippen LogP contribution in [0.2, 0.25) is 0 Å². The molecule has 1 aromatic carbocycles. The fourth-order valence-electron chi connectivity index (χ4n) is 2.74. The number of hydrogen-bond acceptors (Lipinski definition) is 4. The summed E-state index contributed by atoms with van der Waals surface area (Å²) in [5, 5.41) is 3.54. The highest BCUT2D eigenvalue weighted by molar-refractivity contribution is 7.99. The quantitative estimate of drug-likeness (QED) is 0.604. The molecule has 2 aromatic heterocycles. The first-order valence-electron chi connectivity index (χ1n) is 9.06. The van der Waals surface area contributed by atoms with E-state index in [0.717, 1.165) is 17.1 Å². The maximum atomic E-state index is 12.2. The zero-order chi connectivity index (χ0) is 19.1. The van der Waals surface area contributed by atoms with Gasteiger partial charge in [-0.25, -0.2) is 4.98 Å². The van der Waals surface area contributed by atoms with Gasteiger partial charge >= 0.3 is 0 Å². The van der Waals surface area contributed by atoms with Gasteiger partial charge in [0.2, 0.25) is 5.91 Å². The minimum Gasteiger partial charge on any atom is -0.354 e. The monoisotopic (exact) mass is 380 g/mol. The summed E-state index contributed by atoms with van der Waals surface area (Å²) in [5.41, 5.74) is 1.85. The van der Waals surface area contributed by atoms with Crippen molar-refractivity contribution in [1.82, 2.24) is 19.9 Å². The van der Waals surface area contributed by atoms with Crippen LogP contribution in [-0.2, 0) is 17.8 Å². The molecule has 140 valence electrons. The Balaban J connectivity index is 1.48. The lowest BCUT2D eigenvalue weighted by molar-refractivity contribution is -0.120. The number of aromatic nitrogens is 3. The smallest absolute Gasteiger partial charge is 0.224 e.